The minimum absolute atomic E-state index is 0. The van der Waals surface area contributed by atoms with Crippen LogP contribution < -0.4 is 5.32 Å². The Hall–Kier alpha value is -2.99. The summed E-state index contributed by atoms with van der Waals surface area (Å²) in [7, 11) is 0. The number of nitrogens with one attached hydrogen (secondary N) is 1. The third-order valence-electron chi connectivity index (χ3n) is 5.81. The standard InChI is InChI=1S/C26H24N5O3.CH3.U/c1-2-18-6-8-19(9-7-18)23-10-11-27-24-17-22(29-31(23)24)25(32)28-21-5-3-4-20(16-21)26(33)30-12-14-34-15-13-30;;/h3-6,8-11,16-17H,2,12-15H2,1H3,(H,28,32);1H3;/q2*-1;+2. The van der Waals surface area contributed by atoms with E-state index in [9.17, 15) is 9.59 Å². The molecule has 1 aliphatic rings. The van der Waals surface area contributed by atoms with E-state index in [0.29, 0.717) is 43.2 Å². The van der Waals surface area contributed by atoms with Crippen LogP contribution in [0.1, 0.15) is 33.3 Å². The van der Waals surface area contributed by atoms with E-state index in [1.165, 1.54) is 0 Å². The predicted molar refractivity (Wildman–Crippen MR) is 134 cm³/mol. The van der Waals surface area contributed by atoms with Gasteiger partial charge in [-0.05, 0) is 24.3 Å². The van der Waals surface area contributed by atoms with E-state index >= 15 is 0 Å². The molecule has 36 heavy (non-hydrogen) atoms. The molecule has 0 bridgehead atoms. The minimum Gasteiger partial charge on any atom is -0.378 e. The zero-order valence-electron chi connectivity index (χ0n) is 20.3. The van der Waals surface area contributed by atoms with Gasteiger partial charge in [0.05, 0.1) is 13.2 Å². The summed E-state index contributed by atoms with van der Waals surface area (Å²) in [5.74, 6) is -0.452. The Labute approximate surface area is 234 Å². The van der Waals surface area contributed by atoms with Gasteiger partial charge in [-0.1, -0.05) is 19.4 Å². The first-order valence-electron chi connectivity index (χ1n) is 11.3. The van der Waals surface area contributed by atoms with Gasteiger partial charge in [0.2, 0.25) is 0 Å². The first-order valence-corrected chi connectivity index (χ1v) is 11.3. The molecule has 0 radical (unpaired) electrons. The summed E-state index contributed by atoms with van der Waals surface area (Å²) in [5.41, 5.74) is 4.74. The van der Waals surface area contributed by atoms with Crippen molar-refractivity contribution in [1.82, 2.24) is 19.5 Å². The number of aryl methyl sites for hydroxylation is 1. The summed E-state index contributed by atoms with van der Waals surface area (Å²) in [6.45, 7) is 4.28. The fourth-order valence-corrected chi connectivity index (χ4v) is 3.94. The molecule has 1 saturated heterocycles. The molecule has 2 aromatic heterocycles. The number of nitrogens with zero attached hydrogens (tertiary/aromatic N) is 4. The van der Waals surface area contributed by atoms with Crippen LogP contribution in [0.2, 0.25) is 0 Å². The smallest absolute Gasteiger partial charge is 0.378 e. The second kappa shape index (κ2) is 12.3. The molecule has 9 heteroatoms. The molecule has 0 unspecified atom stereocenters. The maximum absolute atomic E-state index is 13.0. The number of hydrogen-bond acceptors (Lipinski definition) is 5. The van der Waals surface area contributed by atoms with Crippen molar-refractivity contribution in [1.29, 1.82) is 0 Å². The fraction of sp³-hybridized carbons (Fsp3) is 0.222. The molecule has 182 valence electrons. The Morgan fingerprint density at radius 2 is 1.92 bits per heavy atom. The van der Waals surface area contributed by atoms with Gasteiger partial charge in [0, 0.05) is 42.3 Å². The molecule has 2 amide bonds. The Kier molecular flexibility index (Phi) is 9.44. The van der Waals surface area contributed by atoms with Crippen molar-refractivity contribution < 1.29 is 45.4 Å². The molecule has 1 N–H and O–H groups in total. The van der Waals surface area contributed by atoms with Crippen LogP contribution in [0, 0.1) is 44.6 Å². The van der Waals surface area contributed by atoms with Crippen molar-refractivity contribution in [3.63, 3.8) is 0 Å². The molecule has 0 atom stereocenters. The number of aromatic nitrogens is 3. The van der Waals surface area contributed by atoms with E-state index in [2.05, 4.69) is 28.4 Å². The van der Waals surface area contributed by atoms with Crippen molar-refractivity contribution in [3.05, 3.63) is 91.1 Å². The normalized spacial score (nSPS) is 13.0. The quantitative estimate of drug-likeness (QED) is 0.318. The predicted octanol–water partition coefficient (Wildman–Crippen LogP) is 3.93. The SMILES string of the molecule is CCc1[c-]cc(-c2ccnc3cc(C(=O)Nc4cccc(C(=O)N5CCOCC5)c4)nn23)cc1.[CH3-].[U+2]. The van der Waals surface area contributed by atoms with Crippen molar-refractivity contribution >= 4 is 23.1 Å². The van der Waals surface area contributed by atoms with E-state index < -0.39 is 0 Å². The summed E-state index contributed by atoms with van der Waals surface area (Å²) in [5, 5.41) is 7.35. The van der Waals surface area contributed by atoms with Crippen LogP contribution in [0.15, 0.2) is 60.8 Å². The third kappa shape index (κ3) is 5.87. The second-order valence-electron chi connectivity index (χ2n) is 8.03. The van der Waals surface area contributed by atoms with Gasteiger partial charge >= 0.3 is 31.1 Å². The molecule has 8 nitrogen and oxygen atoms in total. The Bertz CT molecular complexity index is 1350. The van der Waals surface area contributed by atoms with Gasteiger partial charge in [-0.3, -0.25) is 9.59 Å². The van der Waals surface area contributed by atoms with Crippen LogP contribution in [0.3, 0.4) is 0 Å². The van der Waals surface area contributed by atoms with Crippen LogP contribution in [-0.4, -0.2) is 57.6 Å². The summed E-state index contributed by atoms with van der Waals surface area (Å²) < 4.78 is 6.97. The van der Waals surface area contributed by atoms with E-state index in [-0.39, 0.29) is 56.0 Å². The van der Waals surface area contributed by atoms with Gasteiger partial charge < -0.3 is 22.4 Å². The largest absolute Gasteiger partial charge is 2.00 e. The maximum atomic E-state index is 13.0. The van der Waals surface area contributed by atoms with Crippen LogP contribution >= 0.6 is 0 Å². The molecule has 0 saturated carbocycles. The fourth-order valence-electron chi connectivity index (χ4n) is 3.94. The number of anilines is 1. The number of carbonyl (C=O) groups excluding carboxylic acids is 2. The van der Waals surface area contributed by atoms with E-state index in [0.717, 1.165) is 23.2 Å². The summed E-state index contributed by atoms with van der Waals surface area (Å²) in [6.07, 6.45) is 2.61. The number of amides is 2. The number of fused-ring (bicyclic) bond motifs is 1. The van der Waals surface area contributed by atoms with Crippen molar-refractivity contribution in [3.8, 4) is 11.3 Å². The molecule has 0 aliphatic carbocycles. The van der Waals surface area contributed by atoms with E-state index in [1.807, 2.05) is 24.3 Å². The Morgan fingerprint density at radius 3 is 2.64 bits per heavy atom. The first-order chi connectivity index (χ1) is 16.6. The van der Waals surface area contributed by atoms with Crippen molar-refractivity contribution in [2.45, 2.75) is 13.3 Å². The number of ether oxygens (including phenoxy) is 1. The van der Waals surface area contributed by atoms with Gasteiger partial charge in [0.25, 0.3) is 11.8 Å². The van der Waals surface area contributed by atoms with Gasteiger partial charge in [-0.15, -0.1) is 5.56 Å². The minimum atomic E-state index is -0.375. The Morgan fingerprint density at radius 1 is 1.11 bits per heavy atom. The van der Waals surface area contributed by atoms with Gasteiger partial charge in [0.1, 0.15) is 0 Å². The number of benzene rings is 2. The van der Waals surface area contributed by atoms with Crippen molar-refractivity contribution in [2.75, 3.05) is 31.6 Å². The number of carbonyl (C=O) groups is 2. The number of hydrogen-bond donors (Lipinski definition) is 1. The summed E-state index contributed by atoms with van der Waals surface area (Å²) in [6, 6.07) is 19.7. The molecule has 1 fully saturated rings. The van der Waals surface area contributed by atoms with Crippen molar-refractivity contribution in [2.24, 2.45) is 0 Å². The van der Waals surface area contributed by atoms with Gasteiger partial charge in [0.15, 0.2) is 11.3 Å². The molecule has 3 heterocycles. The van der Waals surface area contributed by atoms with Crippen LogP contribution in [0.4, 0.5) is 5.69 Å². The van der Waals surface area contributed by atoms with E-state index in [1.54, 1.807) is 45.9 Å². The van der Waals surface area contributed by atoms with Crippen LogP contribution in [-0.2, 0) is 11.2 Å². The first kappa shape index (κ1) is 27.6. The topological polar surface area (TPSA) is 88.8 Å². The molecule has 2 aromatic carbocycles. The average Bonchev–Trinajstić information content (AvgIpc) is 3.34. The van der Waals surface area contributed by atoms with Gasteiger partial charge in [-0.2, -0.15) is 34.9 Å². The zero-order chi connectivity index (χ0) is 23.5. The number of rotatable bonds is 5. The summed E-state index contributed by atoms with van der Waals surface area (Å²) >= 11 is 0. The van der Waals surface area contributed by atoms with Crippen LogP contribution in [0.25, 0.3) is 16.9 Å². The third-order valence-corrected chi connectivity index (χ3v) is 5.81. The molecule has 4 aromatic rings. The number of morpholine rings is 1. The average molecular weight is 708 g/mol. The second-order valence-corrected chi connectivity index (χ2v) is 8.03. The molecule has 0 spiro atoms. The molecular formula is C27H27N5O3U. The van der Waals surface area contributed by atoms with Crippen LogP contribution in [0.5, 0.6) is 0 Å². The molecule has 1 aliphatic heterocycles. The molecule has 5 rings (SSSR count). The van der Waals surface area contributed by atoms with Gasteiger partial charge in [-0.25, -0.2) is 9.50 Å². The molecular weight excluding hydrogens is 680 g/mol. The zero-order valence-corrected chi connectivity index (χ0v) is 24.5. The maximum Gasteiger partial charge on any atom is 2.00 e. The Balaban J connectivity index is 0.00000180. The van der Waals surface area contributed by atoms with E-state index in [4.69, 9.17) is 4.74 Å². The summed E-state index contributed by atoms with van der Waals surface area (Å²) in [4.78, 5) is 31.8. The monoisotopic (exact) mass is 707 g/mol.